The summed E-state index contributed by atoms with van der Waals surface area (Å²) >= 11 is 1.41. The van der Waals surface area contributed by atoms with Crippen LogP contribution in [0.3, 0.4) is 0 Å². The molecule has 3 amide bonds. The molecule has 0 fully saturated rings. The fourth-order valence-electron chi connectivity index (χ4n) is 2.74. The molecule has 0 rings (SSSR count). The molecule has 190 valence electrons. The maximum atomic E-state index is 12.9. The Morgan fingerprint density at radius 1 is 0.909 bits per heavy atom. The Hall–Kier alpha value is -2.42. The van der Waals surface area contributed by atoms with E-state index in [2.05, 4.69) is 16.0 Å². The van der Waals surface area contributed by atoms with Gasteiger partial charge in [-0.1, -0.05) is 0 Å². The molecule has 10 N–H and O–H groups in total. The van der Waals surface area contributed by atoms with Crippen LogP contribution in [0.4, 0.5) is 0 Å². The summed E-state index contributed by atoms with van der Waals surface area (Å²) in [7, 11) is 0. The van der Waals surface area contributed by atoms with Crippen LogP contribution in [0.5, 0.6) is 0 Å². The number of carboxylic acids is 2. The standard InChI is InChI=1S/C19H35N5O8S/c1-10(25)15(19(31)32)24-18(30)12(5-3-4-7-20)23-17(29)13(6-8-33-2)22-16(28)11(21)9-14(26)27/h10-13,15,25H,3-9,20-21H2,1-2H3,(H,22,28)(H,23,29)(H,24,30)(H,26,27)(H,31,32). The van der Waals surface area contributed by atoms with Gasteiger partial charge in [-0.25, -0.2) is 4.79 Å². The van der Waals surface area contributed by atoms with E-state index in [1.54, 1.807) is 6.26 Å². The first-order valence-corrected chi connectivity index (χ1v) is 11.8. The van der Waals surface area contributed by atoms with Crippen molar-refractivity contribution in [1.29, 1.82) is 0 Å². The lowest BCUT2D eigenvalue weighted by molar-refractivity contribution is -0.145. The van der Waals surface area contributed by atoms with Crippen molar-refractivity contribution in [3.05, 3.63) is 0 Å². The van der Waals surface area contributed by atoms with Gasteiger partial charge in [-0.3, -0.25) is 19.2 Å². The molecule has 0 aromatic carbocycles. The molecule has 13 nitrogen and oxygen atoms in total. The number of aliphatic hydroxyl groups excluding tert-OH is 1. The van der Waals surface area contributed by atoms with Gasteiger partial charge >= 0.3 is 11.9 Å². The summed E-state index contributed by atoms with van der Waals surface area (Å²) in [6, 6.07) is -5.18. The third kappa shape index (κ3) is 12.4. The first-order valence-electron chi connectivity index (χ1n) is 10.4. The maximum absolute atomic E-state index is 12.9. The number of aliphatic carboxylic acids is 2. The topological polar surface area (TPSA) is 234 Å². The van der Waals surface area contributed by atoms with Crippen molar-refractivity contribution >= 4 is 41.4 Å². The highest BCUT2D eigenvalue weighted by Crippen LogP contribution is 2.07. The zero-order valence-corrected chi connectivity index (χ0v) is 19.6. The summed E-state index contributed by atoms with van der Waals surface area (Å²) in [5.74, 6) is -4.60. The zero-order chi connectivity index (χ0) is 25.6. The van der Waals surface area contributed by atoms with Gasteiger partial charge in [0.05, 0.1) is 18.6 Å². The summed E-state index contributed by atoms with van der Waals surface area (Å²) in [6.45, 7) is 1.55. The van der Waals surface area contributed by atoms with E-state index < -0.39 is 66.4 Å². The lowest BCUT2D eigenvalue weighted by Crippen LogP contribution is -2.58. The Bertz CT molecular complexity index is 679. The van der Waals surface area contributed by atoms with Gasteiger partial charge < -0.3 is 42.7 Å². The van der Waals surface area contributed by atoms with Crippen LogP contribution < -0.4 is 27.4 Å². The van der Waals surface area contributed by atoms with Gasteiger partial charge in [0.25, 0.3) is 0 Å². The second-order valence-corrected chi connectivity index (χ2v) is 8.44. The van der Waals surface area contributed by atoms with Crippen molar-refractivity contribution < 1.29 is 39.3 Å². The summed E-state index contributed by atoms with van der Waals surface area (Å²) < 4.78 is 0. The second-order valence-electron chi connectivity index (χ2n) is 7.46. The first-order chi connectivity index (χ1) is 15.4. The van der Waals surface area contributed by atoms with Gasteiger partial charge in [-0.15, -0.1) is 0 Å². The molecule has 5 atom stereocenters. The number of nitrogens with one attached hydrogen (secondary N) is 3. The Balaban J connectivity index is 5.46. The normalized spacial score (nSPS) is 15.4. The fourth-order valence-corrected chi connectivity index (χ4v) is 3.21. The average Bonchev–Trinajstić information content (AvgIpc) is 2.72. The third-order valence-electron chi connectivity index (χ3n) is 4.60. The van der Waals surface area contributed by atoms with Crippen molar-refractivity contribution in [1.82, 2.24) is 16.0 Å². The molecule has 0 radical (unpaired) electrons. The number of unbranched alkanes of at least 4 members (excludes halogenated alkanes) is 1. The zero-order valence-electron chi connectivity index (χ0n) is 18.8. The van der Waals surface area contributed by atoms with Gasteiger partial charge in [0.1, 0.15) is 12.1 Å². The number of carbonyl (C=O) groups excluding carboxylic acids is 3. The molecule has 0 aliphatic heterocycles. The first kappa shape index (κ1) is 30.6. The minimum absolute atomic E-state index is 0.142. The highest BCUT2D eigenvalue weighted by Gasteiger charge is 2.31. The maximum Gasteiger partial charge on any atom is 0.328 e. The van der Waals surface area contributed by atoms with Crippen LogP contribution in [-0.4, -0.2) is 93.8 Å². The lowest BCUT2D eigenvalue weighted by Gasteiger charge is -2.25. The van der Waals surface area contributed by atoms with Crippen molar-refractivity contribution in [3.8, 4) is 0 Å². The number of thioether (sulfide) groups is 1. The van der Waals surface area contributed by atoms with E-state index in [9.17, 15) is 34.2 Å². The van der Waals surface area contributed by atoms with Crippen molar-refractivity contribution in [2.45, 2.75) is 69.3 Å². The molecule has 0 saturated heterocycles. The molecule has 0 aliphatic rings. The predicted octanol–water partition coefficient (Wildman–Crippen LogP) is -2.41. The van der Waals surface area contributed by atoms with Crippen LogP contribution in [-0.2, 0) is 24.0 Å². The van der Waals surface area contributed by atoms with E-state index in [4.69, 9.17) is 16.6 Å². The molecule has 0 saturated carbocycles. The van der Waals surface area contributed by atoms with Crippen LogP contribution in [0.25, 0.3) is 0 Å². The van der Waals surface area contributed by atoms with Gasteiger partial charge in [0.2, 0.25) is 17.7 Å². The van der Waals surface area contributed by atoms with Crippen molar-refractivity contribution in [3.63, 3.8) is 0 Å². The molecule has 5 unspecified atom stereocenters. The molecular weight excluding hydrogens is 458 g/mol. The summed E-state index contributed by atoms with van der Waals surface area (Å²) in [5, 5.41) is 34.7. The Morgan fingerprint density at radius 3 is 1.94 bits per heavy atom. The second kappa shape index (κ2) is 16.2. The SMILES string of the molecule is CSCCC(NC(=O)C(N)CC(=O)O)C(=O)NC(CCCCN)C(=O)NC(C(=O)O)C(C)O. The molecule has 0 aromatic heterocycles. The van der Waals surface area contributed by atoms with Crippen LogP contribution in [0, 0.1) is 0 Å². The fraction of sp³-hybridized carbons (Fsp3) is 0.737. The van der Waals surface area contributed by atoms with E-state index in [0.717, 1.165) is 0 Å². The molecule has 0 aliphatic carbocycles. The predicted molar refractivity (Wildman–Crippen MR) is 121 cm³/mol. The van der Waals surface area contributed by atoms with Crippen LogP contribution in [0.2, 0.25) is 0 Å². The Labute approximate surface area is 196 Å². The van der Waals surface area contributed by atoms with E-state index in [-0.39, 0.29) is 12.8 Å². The average molecular weight is 494 g/mol. The van der Waals surface area contributed by atoms with Gasteiger partial charge in [0.15, 0.2) is 6.04 Å². The minimum atomic E-state index is -1.58. The lowest BCUT2D eigenvalue weighted by atomic mass is 10.1. The van der Waals surface area contributed by atoms with Gasteiger partial charge in [-0.2, -0.15) is 11.8 Å². The largest absolute Gasteiger partial charge is 0.481 e. The van der Waals surface area contributed by atoms with Crippen molar-refractivity contribution in [2.75, 3.05) is 18.6 Å². The van der Waals surface area contributed by atoms with Crippen LogP contribution in [0.1, 0.15) is 39.0 Å². The summed E-state index contributed by atoms with van der Waals surface area (Å²) in [6.07, 6.45) is 1.11. The number of carbonyl (C=O) groups is 5. The van der Waals surface area contributed by atoms with Crippen molar-refractivity contribution in [2.24, 2.45) is 11.5 Å². The van der Waals surface area contributed by atoms with Crippen LogP contribution >= 0.6 is 11.8 Å². The molecule has 0 aromatic rings. The number of rotatable bonds is 17. The molecule has 0 spiro atoms. The number of hydrogen-bond donors (Lipinski definition) is 8. The quantitative estimate of drug-likeness (QED) is 0.0993. The molecule has 0 bridgehead atoms. The summed E-state index contributed by atoms with van der Waals surface area (Å²) in [5.41, 5.74) is 11.0. The van der Waals surface area contributed by atoms with Crippen LogP contribution in [0.15, 0.2) is 0 Å². The number of nitrogens with two attached hydrogens (primary N) is 2. The van der Waals surface area contributed by atoms with E-state index in [0.29, 0.717) is 25.1 Å². The number of carboxylic acid groups (broad SMARTS) is 2. The van der Waals surface area contributed by atoms with Gasteiger partial charge in [0, 0.05) is 0 Å². The number of hydrogen-bond acceptors (Lipinski definition) is 9. The minimum Gasteiger partial charge on any atom is -0.481 e. The van der Waals surface area contributed by atoms with E-state index in [1.165, 1.54) is 18.7 Å². The highest BCUT2D eigenvalue weighted by molar-refractivity contribution is 7.98. The van der Waals surface area contributed by atoms with E-state index >= 15 is 0 Å². The molecular formula is C19H35N5O8S. The Kier molecular flexibility index (Phi) is 15.0. The number of aliphatic hydroxyl groups is 1. The Morgan fingerprint density at radius 2 is 1.45 bits per heavy atom. The monoisotopic (exact) mass is 493 g/mol. The molecule has 14 heteroatoms. The van der Waals surface area contributed by atoms with Gasteiger partial charge in [-0.05, 0) is 51.2 Å². The smallest absolute Gasteiger partial charge is 0.328 e. The number of amides is 3. The highest BCUT2D eigenvalue weighted by atomic mass is 32.2. The third-order valence-corrected chi connectivity index (χ3v) is 5.25. The molecule has 33 heavy (non-hydrogen) atoms. The summed E-state index contributed by atoms with van der Waals surface area (Å²) in [4.78, 5) is 59.8. The molecule has 0 heterocycles. The van der Waals surface area contributed by atoms with E-state index in [1.807, 2.05) is 0 Å².